The molecule has 1 N–H and O–H groups in total. The number of rotatable bonds is 2. The van der Waals surface area contributed by atoms with Crippen molar-refractivity contribution in [3.8, 4) is 0 Å². The number of thiazole rings is 1. The van der Waals surface area contributed by atoms with E-state index in [1.54, 1.807) is 0 Å². The Kier molecular flexibility index (Phi) is 3.65. The molecule has 0 bridgehead atoms. The third-order valence-corrected chi connectivity index (χ3v) is 4.92. The van der Waals surface area contributed by atoms with Crippen LogP contribution < -0.4 is 5.32 Å². The highest BCUT2D eigenvalue weighted by molar-refractivity contribution is 7.11. The minimum Gasteiger partial charge on any atom is -0.311 e. The van der Waals surface area contributed by atoms with Gasteiger partial charge in [-0.3, -0.25) is 0 Å². The average Bonchev–Trinajstić information content (AvgIpc) is 2.80. The summed E-state index contributed by atoms with van der Waals surface area (Å²) in [6.07, 6.45) is 2.04. The predicted molar refractivity (Wildman–Crippen MR) is 85.5 cm³/mol. The van der Waals surface area contributed by atoms with Gasteiger partial charge >= 0.3 is 0 Å². The lowest BCUT2D eigenvalue weighted by Crippen LogP contribution is -2.22. The van der Waals surface area contributed by atoms with Crippen LogP contribution >= 0.6 is 11.3 Å². The molecule has 106 valence electrons. The van der Waals surface area contributed by atoms with Crippen LogP contribution in [-0.4, -0.2) is 11.5 Å². The molecule has 2 aromatic rings. The summed E-state index contributed by atoms with van der Waals surface area (Å²) in [5.74, 6) is 0. The second kappa shape index (κ2) is 5.30. The summed E-state index contributed by atoms with van der Waals surface area (Å²) in [5, 5.41) is 4.66. The Morgan fingerprint density at radius 3 is 2.60 bits per heavy atom. The summed E-state index contributed by atoms with van der Waals surface area (Å²) in [5.41, 5.74) is 4.29. The highest BCUT2D eigenvalue weighted by Gasteiger charge is 2.16. The van der Waals surface area contributed by atoms with Crippen molar-refractivity contribution in [2.75, 3.05) is 6.54 Å². The van der Waals surface area contributed by atoms with Crippen molar-refractivity contribution in [2.24, 2.45) is 0 Å². The Labute approximate surface area is 125 Å². The van der Waals surface area contributed by atoms with Gasteiger partial charge < -0.3 is 5.32 Å². The summed E-state index contributed by atoms with van der Waals surface area (Å²) in [4.78, 5) is 6.22. The fourth-order valence-corrected chi connectivity index (χ4v) is 3.67. The van der Waals surface area contributed by atoms with Crippen molar-refractivity contribution >= 4 is 11.3 Å². The molecular formula is C17H22N2S. The lowest BCUT2D eigenvalue weighted by molar-refractivity contribution is 0.590. The third-order valence-electron chi connectivity index (χ3n) is 3.82. The summed E-state index contributed by atoms with van der Waals surface area (Å²) < 4.78 is 0. The Morgan fingerprint density at radius 1 is 1.20 bits per heavy atom. The van der Waals surface area contributed by atoms with Gasteiger partial charge in [-0.05, 0) is 16.5 Å². The Balaban J connectivity index is 1.76. The maximum Gasteiger partial charge on any atom is 0.0975 e. The Bertz CT molecular complexity index is 567. The fourth-order valence-electron chi connectivity index (χ4n) is 2.55. The van der Waals surface area contributed by atoms with E-state index in [2.05, 4.69) is 50.4 Å². The molecule has 0 amide bonds. The van der Waals surface area contributed by atoms with Gasteiger partial charge in [-0.25, -0.2) is 4.98 Å². The monoisotopic (exact) mass is 286 g/mol. The average molecular weight is 286 g/mol. The fraction of sp³-hybridized carbons (Fsp3) is 0.471. The zero-order chi connectivity index (χ0) is 14.2. The van der Waals surface area contributed by atoms with E-state index in [-0.39, 0.29) is 5.41 Å². The smallest absolute Gasteiger partial charge is 0.0975 e. The van der Waals surface area contributed by atoms with Crippen molar-refractivity contribution < 1.29 is 0 Å². The largest absolute Gasteiger partial charge is 0.311 e. The summed E-state index contributed by atoms with van der Waals surface area (Å²) >= 11 is 1.87. The molecule has 1 aliphatic rings. The van der Waals surface area contributed by atoms with Gasteiger partial charge in [-0.1, -0.05) is 45.0 Å². The molecule has 3 rings (SSSR count). The maximum atomic E-state index is 4.80. The molecule has 0 unspecified atom stereocenters. The topological polar surface area (TPSA) is 24.9 Å². The van der Waals surface area contributed by atoms with Crippen molar-refractivity contribution in [3.63, 3.8) is 0 Å². The molecule has 1 aliphatic heterocycles. The standard InChI is InChI=1S/C17H22N2S/c1-17(2,3)13-6-4-12(5-7-13)10-16-19-14-8-9-18-11-15(14)20-16/h4-7,18H,8-11H2,1-3H3. The van der Waals surface area contributed by atoms with Crippen LogP contribution in [-0.2, 0) is 24.8 Å². The number of hydrogen-bond donors (Lipinski definition) is 1. The van der Waals surface area contributed by atoms with Crippen molar-refractivity contribution in [2.45, 2.75) is 45.6 Å². The Hall–Kier alpha value is -1.19. The van der Waals surface area contributed by atoms with Gasteiger partial charge in [0.25, 0.3) is 0 Å². The number of nitrogens with zero attached hydrogens (tertiary/aromatic N) is 1. The molecule has 0 aliphatic carbocycles. The minimum atomic E-state index is 0.227. The first-order chi connectivity index (χ1) is 9.52. The molecule has 0 saturated heterocycles. The number of hydrogen-bond acceptors (Lipinski definition) is 3. The van der Waals surface area contributed by atoms with Gasteiger partial charge in [0.05, 0.1) is 10.7 Å². The van der Waals surface area contributed by atoms with Crippen LogP contribution in [0.5, 0.6) is 0 Å². The quantitative estimate of drug-likeness (QED) is 0.911. The molecule has 0 radical (unpaired) electrons. The van der Waals surface area contributed by atoms with E-state index in [4.69, 9.17) is 4.98 Å². The van der Waals surface area contributed by atoms with E-state index in [9.17, 15) is 0 Å². The van der Waals surface area contributed by atoms with Crippen LogP contribution in [0.1, 0.15) is 47.5 Å². The van der Waals surface area contributed by atoms with E-state index in [1.165, 1.54) is 26.7 Å². The van der Waals surface area contributed by atoms with Crippen molar-refractivity contribution in [1.29, 1.82) is 0 Å². The number of fused-ring (bicyclic) bond motifs is 1. The number of nitrogens with one attached hydrogen (secondary N) is 1. The van der Waals surface area contributed by atoms with Crippen LogP contribution in [0.15, 0.2) is 24.3 Å². The van der Waals surface area contributed by atoms with Crippen molar-refractivity contribution in [1.82, 2.24) is 10.3 Å². The highest BCUT2D eigenvalue weighted by atomic mass is 32.1. The van der Waals surface area contributed by atoms with Crippen molar-refractivity contribution in [3.05, 3.63) is 51.0 Å². The molecule has 3 heteroatoms. The zero-order valence-electron chi connectivity index (χ0n) is 12.5. The molecule has 1 aromatic carbocycles. The van der Waals surface area contributed by atoms with Crippen LogP contribution in [0.4, 0.5) is 0 Å². The van der Waals surface area contributed by atoms with Gasteiger partial charge in [0, 0.05) is 30.8 Å². The van der Waals surface area contributed by atoms with Gasteiger partial charge in [0.1, 0.15) is 0 Å². The molecule has 0 saturated carbocycles. The summed E-state index contributed by atoms with van der Waals surface area (Å²) in [6, 6.07) is 9.01. The lowest BCUT2D eigenvalue weighted by atomic mass is 9.86. The molecule has 2 nitrogen and oxygen atoms in total. The normalized spacial score (nSPS) is 15.2. The molecule has 1 aromatic heterocycles. The molecule has 0 atom stereocenters. The first-order valence-corrected chi connectivity index (χ1v) is 8.11. The first kappa shape index (κ1) is 13.8. The van der Waals surface area contributed by atoms with Gasteiger partial charge in [0.2, 0.25) is 0 Å². The number of aromatic nitrogens is 1. The van der Waals surface area contributed by atoms with E-state index in [1.807, 2.05) is 11.3 Å². The van der Waals surface area contributed by atoms with Crippen LogP contribution in [0, 0.1) is 0 Å². The minimum absolute atomic E-state index is 0.227. The van der Waals surface area contributed by atoms with E-state index in [0.717, 1.165) is 25.9 Å². The van der Waals surface area contributed by atoms with Gasteiger partial charge in [-0.2, -0.15) is 0 Å². The second-order valence-electron chi connectivity index (χ2n) is 6.53. The lowest BCUT2D eigenvalue weighted by Gasteiger charge is -2.19. The van der Waals surface area contributed by atoms with Gasteiger partial charge in [-0.15, -0.1) is 11.3 Å². The predicted octanol–water partition coefficient (Wildman–Crippen LogP) is 3.68. The SMILES string of the molecule is CC(C)(C)c1ccc(Cc2nc3c(s2)CNCC3)cc1. The zero-order valence-corrected chi connectivity index (χ0v) is 13.3. The Morgan fingerprint density at radius 2 is 1.95 bits per heavy atom. The molecule has 0 spiro atoms. The first-order valence-electron chi connectivity index (χ1n) is 7.30. The highest BCUT2D eigenvalue weighted by Crippen LogP contribution is 2.25. The second-order valence-corrected chi connectivity index (χ2v) is 7.70. The number of benzene rings is 1. The van der Waals surface area contributed by atoms with Crippen LogP contribution in [0.25, 0.3) is 0 Å². The molecule has 0 fully saturated rings. The maximum absolute atomic E-state index is 4.80. The van der Waals surface area contributed by atoms with Crippen LogP contribution in [0.3, 0.4) is 0 Å². The summed E-state index contributed by atoms with van der Waals surface area (Å²) in [7, 11) is 0. The van der Waals surface area contributed by atoms with Gasteiger partial charge in [0.15, 0.2) is 0 Å². The van der Waals surface area contributed by atoms with E-state index in [0.29, 0.717) is 0 Å². The third kappa shape index (κ3) is 2.94. The van der Waals surface area contributed by atoms with E-state index < -0.39 is 0 Å². The van der Waals surface area contributed by atoms with Crippen LogP contribution in [0.2, 0.25) is 0 Å². The molecule has 2 heterocycles. The van der Waals surface area contributed by atoms with E-state index >= 15 is 0 Å². The summed E-state index contributed by atoms with van der Waals surface area (Å²) in [6.45, 7) is 8.82. The molecular weight excluding hydrogens is 264 g/mol. The molecule has 20 heavy (non-hydrogen) atoms.